The molecule has 0 unspecified atom stereocenters. The third kappa shape index (κ3) is 9.18. The van der Waals surface area contributed by atoms with Crippen molar-refractivity contribution < 1.29 is 8.83 Å². The first-order valence-electron chi connectivity index (χ1n) is 32.7. The van der Waals surface area contributed by atoms with Crippen molar-refractivity contribution in [3.05, 3.63) is 352 Å². The van der Waals surface area contributed by atoms with Gasteiger partial charge in [0.05, 0.1) is 22.1 Å². The molecule has 0 radical (unpaired) electrons. The summed E-state index contributed by atoms with van der Waals surface area (Å²) in [7, 11) is 0. The number of hydrogen-bond acceptors (Lipinski definition) is 4. The van der Waals surface area contributed by atoms with Crippen LogP contribution in [0.2, 0.25) is 0 Å². The monoisotopic (exact) mass is 1230 g/mol. The lowest BCUT2D eigenvalue weighted by Gasteiger charge is -2.27. The standard InChI is InChI=1S/C90H58N4O2/c1-3-16-66(17-4-1)93-83-26-11-7-20-75(83)81-56-64(41-54-85(81)93)61-34-48-72(49-35-61)92(73-52-55-86-82(58-73)76-21-8-12-27-84(76)94(86)67-18-5-2-6-19-67)71-44-32-60(33-45-71)59-30-42-68(43-31-59)91(69-46-36-62(37-47-69)65-40-53-79-77-22-9-13-28-87(77)95-89(79)57-65)70-50-38-63(39-51-70)74-24-15-25-80-78-23-10-14-29-88(78)96-90(74)80/h1-58H. The maximum absolute atomic E-state index is 6.51. The second kappa shape index (κ2) is 22.4. The first-order valence-corrected chi connectivity index (χ1v) is 32.7. The van der Waals surface area contributed by atoms with E-state index in [0.29, 0.717) is 0 Å². The first kappa shape index (κ1) is 54.8. The predicted octanol–water partition coefficient (Wildman–Crippen LogP) is 25.3. The Bertz CT molecular complexity index is 6160. The van der Waals surface area contributed by atoms with Gasteiger partial charge in [0.15, 0.2) is 0 Å². The number of rotatable bonds is 12. The molecule has 450 valence electrons. The smallest absolute Gasteiger partial charge is 0.143 e. The highest BCUT2D eigenvalue weighted by molar-refractivity contribution is 6.13. The van der Waals surface area contributed by atoms with Crippen LogP contribution in [0.4, 0.5) is 34.1 Å². The minimum absolute atomic E-state index is 0.881. The second-order valence-electron chi connectivity index (χ2n) is 24.8. The lowest BCUT2D eigenvalue weighted by Crippen LogP contribution is -2.10. The van der Waals surface area contributed by atoms with Crippen LogP contribution in [0.1, 0.15) is 0 Å². The predicted molar refractivity (Wildman–Crippen MR) is 401 cm³/mol. The normalized spacial score (nSPS) is 11.8. The van der Waals surface area contributed by atoms with Crippen LogP contribution in [-0.4, -0.2) is 9.13 Å². The molecule has 0 spiro atoms. The molecule has 0 aliphatic carbocycles. The van der Waals surface area contributed by atoms with Crippen LogP contribution in [0.25, 0.3) is 143 Å². The average Bonchev–Trinajstić information content (AvgIpc) is 1.60. The maximum atomic E-state index is 6.51. The highest BCUT2D eigenvalue weighted by Crippen LogP contribution is 2.45. The number of aromatic nitrogens is 2. The zero-order chi connectivity index (χ0) is 63.2. The highest BCUT2D eigenvalue weighted by Gasteiger charge is 2.22. The molecule has 4 aromatic heterocycles. The van der Waals surface area contributed by atoms with E-state index in [0.717, 1.165) is 134 Å². The summed E-state index contributed by atoms with van der Waals surface area (Å²) in [6.45, 7) is 0. The van der Waals surface area contributed by atoms with Gasteiger partial charge >= 0.3 is 0 Å². The summed E-state index contributed by atoms with van der Waals surface area (Å²) in [5.74, 6) is 0. The van der Waals surface area contributed by atoms with Gasteiger partial charge in [0.1, 0.15) is 22.3 Å². The van der Waals surface area contributed by atoms with Crippen LogP contribution < -0.4 is 9.80 Å². The van der Waals surface area contributed by atoms with Crippen molar-refractivity contribution in [1.29, 1.82) is 0 Å². The zero-order valence-electron chi connectivity index (χ0n) is 52.1. The molecule has 0 saturated heterocycles. The molecule has 0 N–H and O–H groups in total. The molecule has 0 aliphatic rings. The molecule has 0 atom stereocenters. The van der Waals surface area contributed by atoms with Gasteiger partial charge in [-0.2, -0.15) is 0 Å². The third-order valence-corrected chi connectivity index (χ3v) is 19.3. The quantitative estimate of drug-likeness (QED) is 0.122. The average molecular weight is 1230 g/mol. The molecule has 6 heteroatoms. The van der Waals surface area contributed by atoms with E-state index in [9.17, 15) is 0 Å². The second-order valence-corrected chi connectivity index (χ2v) is 24.8. The summed E-state index contributed by atoms with van der Waals surface area (Å²) in [6, 6.07) is 127. The van der Waals surface area contributed by atoms with Crippen LogP contribution in [0.3, 0.4) is 0 Å². The number of nitrogens with zero attached hydrogens (tertiary/aromatic N) is 4. The summed E-state index contributed by atoms with van der Waals surface area (Å²) in [5.41, 5.74) is 25.8. The Morgan fingerprint density at radius 1 is 0.198 bits per heavy atom. The third-order valence-electron chi connectivity index (χ3n) is 19.3. The Labute approximate surface area is 553 Å². The van der Waals surface area contributed by atoms with Gasteiger partial charge in [-0.15, -0.1) is 0 Å². The van der Waals surface area contributed by atoms with Crippen LogP contribution in [0.5, 0.6) is 0 Å². The van der Waals surface area contributed by atoms with E-state index in [1.165, 1.54) is 43.7 Å². The van der Waals surface area contributed by atoms with E-state index in [4.69, 9.17) is 8.83 Å². The molecule has 96 heavy (non-hydrogen) atoms. The van der Waals surface area contributed by atoms with Crippen molar-refractivity contribution in [2.75, 3.05) is 9.80 Å². The first-order chi connectivity index (χ1) is 47.6. The van der Waals surface area contributed by atoms with Crippen molar-refractivity contribution in [2.45, 2.75) is 0 Å². The van der Waals surface area contributed by atoms with Crippen molar-refractivity contribution in [3.8, 4) is 55.9 Å². The van der Waals surface area contributed by atoms with Crippen LogP contribution >= 0.6 is 0 Å². The fourth-order valence-corrected chi connectivity index (χ4v) is 14.7. The van der Waals surface area contributed by atoms with E-state index >= 15 is 0 Å². The summed E-state index contributed by atoms with van der Waals surface area (Å²) in [6.07, 6.45) is 0. The molecule has 19 aromatic rings. The Balaban J connectivity index is 0.679. The molecule has 4 heterocycles. The van der Waals surface area contributed by atoms with Crippen molar-refractivity contribution in [2.24, 2.45) is 0 Å². The molecule has 0 fully saturated rings. The molecular weight excluding hydrogens is 1170 g/mol. The number of benzene rings is 15. The number of fused-ring (bicyclic) bond motifs is 12. The Hall–Kier alpha value is -12.9. The summed E-state index contributed by atoms with van der Waals surface area (Å²) < 4.78 is 17.6. The minimum atomic E-state index is 0.881. The lowest BCUT2D eigenvalue weighted by atomic mass is 10.0. The van der Waals surface area contributed by atoms with Crippen molar-refractivity contribution in [3.63, 3.8) is 0 Å². The zero-order valence-corrected chi connectivity index (χ0v) is 52.1. The highest BCUT2D eigenvalue weighted by atomic mass is 16.3. The van der Waals surface area contributed by atoms with Crippen molar-refractivity contribution >= 4 is 122 Å². The number of furan rings is 2. The van der Waals surface area contributed by atoms with E-state index in [1.54, 1.807) is 0 Å². The summed E-state index contributed by atoms with van der Waals surface area (Å²) >= 11 is 0. The Morgan fingerprint density at radius 2 is 0.552 bits per heavy atom. The SMILES string of the molecule is c1ccc(-n2c3ccccc3c3cc(-c4ccc(N(c5ccc(-c6ccc(N(c7ccc(-c8ccc9c(c8)oc8ccccc89)cc7)c7ccc(-c8cccc9c8oc8ccccc89)cc7)cc6)cc5)c5ccc6c(c5)c5ccccc5n6-c5ccccc5)cc4)ccc32)cc1. The van der Waals surface area contributed by atoms with Crippen LogP contribution in [0.15, 0.2) is 361 Å². The molecule has 0 bridgehead atoms. The van der Waals surface area contributed by atoms with Gasteiger partial charge in [-0.05, 0) is 191 Å². The molecular formula is C90H58N4O2. The van der Waals surface area contributed by atoms with Gasteiger partial charge in [0.25, 0.3) is 0 Å². The van der Waals surface area contributed by atoms with Crippen molar-refractivity contribution in [1.82, 2.24) is 9.13 Å². The molecule has 0 amide bonds. The summed E-state index contributed by atoms with van der Waals surface area (Å²) in [5, 5.41) is 9.34. The number of hydrogen-bond donors (Lipinski definition) is 0. The van der Waals surface area contributed by atoms with Crippen LogP contribution in [0, 0.1) is 0 Å². The van der Waals surface area contributed by atoms with Gasteiger partial charge < -0.3 is 27.8 Å². The molecule has 19 rings (SSSR count). The molecule has 0 aliphatic heterocycles. The van der Waals surface area contributed by atoms with Gasteiger partial charge in [-0.3, -0.25) is 0 Å². The Morgan fingerprint density at radius 3 is 1.09 bits per heavy atom. The Kier molecular flexibility index (Phi) is 12.8. The lowest BCUT2D eigenvalue weighted by molar-refractivity contribution is 0.669. The molecule has 0 saturated carbocycles. The molecule has 15 aromatic carbocycles. The topological polar surface area (TPSA) is 42.6 Å². The molecule has 6 nitrogen and oxygen atoms in total. The largest absolute Gasteiger partial charge is 0.456 e. The van der Waals surface area contributed by atoms with E-state index < -0.39 is 0 Å². The van der Waals surface area contributed by atoms with Gasteiger partial charge in [0, 0.05) is 94.2 Å². The summed E-state index contributed by atoms with van der Waals surface area (Å²) in [4.78, 5) is 4.73. The fraction of sp³-hybridized carbons (Fsp3) is 0. The van der Waals surface area contributed by atoms with E-state index in [2.05, 4.69) is 347 Å². The van der Waals surface area contributed by atoms with E-state index in [-0.39, 0.29) is 0 Å². The number of anilines is 6. The fourth-order valence-electron chi connectivity index (χ4n) is 14.7. The van der Waals surface area contributed by atoms with E-state index in [1.807, 2.05) is 24.3 Å². The number of para-hydroxylation sites is 7. The van der Waals surface area contributed by atoms with Gasteiger partial charge in [-0.25, -0.2) is 0 Å². The van der Waals surface area contributed by atoms with Gasteiger partial charge in [-0.1, -0.05) is 200 Å². The minimum Gasteiger partial charge on any atom is -0.456 e. The maximum Gasteiger partial charge on any atom is 0.143 e. The van der Waals surface area contributed by atoms with Crippen LogP contribution in [-0.2, 0) is 0 Å². The van der Waals surface area contributed by atoms with Gasteiger partial charge in [0.2, 0.25) is 0 Å².